The van der Waals surface area contributed by atoms with E-state index >= 15 is 0 Å². The maximum Gasteiger partial charge on any atom is 0.407 e. The first kappa shape index (κ1) is 47.3. The molecule has 1 aliphatic heterocycles. The first-order valence-corrected chi connectivity index (χ1v) is 21.1. The molecule has 0 radical (unpaired) electrons. The molecule has 13 atom stereocenters. The van der Waals surface area contributed by atoms with Crippen LogP contribution < -0.4 is 5.32 Å². The van der Waals surface area contributed by atoms with Gasteiger partial charge >= 0.3 is 24.0 Å². The summed E-state index contributed by atoms with van der Waals surface area (Å²) in [4.78, 5) is 54.7. The van der Waals surface area contributed by atoms with E-state index in [2.05, 4.69) is 18.8 Å². The molecule has 1 aromatic rings. The predicted molar refractivity (Wildman–Crippen MR) is 223 cm³/mol. The van der Waals surface area contributed by atoms with Crippen LogP contribution in [0.4, 0.5) is 4.79 Å². The second-order valence-corrected chi connectivity index (χ2v) is 19.7. The topological polar surface area (TPSA) is 176 Å². The molecule has 1 aromatic carbocycles. The Balaban J connectivity index is 0.00000683. The number of esters is 3. The molecule has 6 rings (SSSR count). The van der Waals surface area contributed by atoms with Crippen LogP contribution in [0.25, 0.3) is 0 Å². The van der Waals surface area contributed by atoms with Crippen molar-refractivity contribution in [1.29, 1.82) is 0 Å². The van der Waals surface area contributed by atoms with Crippen molar-refractivity contribution >= 4 is 24.0 Å². The average molecular weight is 840 g/mol. The highest BCUT2D eigenvalue weighted by Crippen LogP contribution is 2.72. The van der Waals surface area contributed by atoms with Crippen molar-refractivity contribution < 1.29 is 57.8 Å². The second kappa shape index (κ2) is 16.8. The fourth-order valence-electron chi connectivity index (χ4n) is 11.6. The Morgan fingerprint density at radius 1 is 1.07 bits per heavy atom. The van der Waals surface area contributed by atoms with Gasteiger partial charge in [0.25, 0.3) is 0 Å². The normalized spacial score (nSPS) is 35.4. The lowest BCUT2D eigenvalue weighted by atomic mass is 9.43. The summed E-state index contributed by atoms with van der Waals surface area (Å²) in [5.41, 5.74) is -4.41. The van der Waals surface area contributed by atoms with E-state index in [0.717, 1.165) is 6.42 Å². The van der Waals surface area contributed by atoms with Gasteiger partial charge in [0.1, 0.15) is 23.4 Å². The molecule has 4 fully saturated rings. The summed E-state index contributed by atoms with van der Waals surface area (Å²) in [6.07, 6.45) is -2.98. The number of rotatable bonds is 11. The van der Waals surface area contributed by atoms with Crippen LogP contribution in [0.15, 0.2) is 54.1 Å². The number of amides is 1. The molecule has 5 aliphatic rings. The van der Waals surface area contributed by atoms with Gasteiger partial charge in [0.05, 0.1) is 34.8 Å². The zero-order valence-corrected chi connectivity index (χ0v) is 36.5. The van der Waals surface area contributed by atoms with Crippen molar-refractivity contribution in [2.75, 3.05) is 0 Å². The van der Waals surface area contributed by atoms with Gasteiger partial charge in [-0.3, -0.25) is 4.79 Å². The lowest BCUT2D eigenvalue weighted by molar-refractivity contribution is -0.361. The molecular formula is C47H69NO12. The van der Waals surface area contributed by atoms with Crippen molar-refractivity contribution in [2.24, 2.45) is 34.5 Å². The van der Waals surface area contributed by atoms with E-state index in [4.69, 9.17) is 28.4 Å². The third-order valence-corrected chi connectivity index (χ3v) is 13.9. The summed E-state index contributed by atoms with van der Waals surface area (Å²) < 4.78 is 38.6. The Hall–Kier alpha value is -3.78. The van der Waals surface area contributed by atoms with Crippen LogP contribution in [0, 0.1) is 34.5 Å². The monoisotopic (exact) mass is 839 g/mol. The minimum Gasteiger partial charge on any atom is -0.458 e. The number of aliphatic hydroxyl groups is 2. The summed E-state index contributed by atoms with van der Waals surface area (Å²) in [7, 11) is 0. The summed E-state index contributed by atoms with van der Waals surface area (Å²) in [6.45, 7) is 23.6. The Bertz CT molecular complexity index is 1830. The van der Waals surface area contributed by atoms with Crippen LogP contribution in [0.1, 0.15) is 126 Å². The zero-order chi connectivity index (χ0) is 43.6. The van der Waals surface area contributed by atoms with Crippen molar-refractivity contribution in [1.82, 2.24) is 5.32 Å². The number of nitrogens with one attached hydrogen (secondary N) is 1. The molecule has 2 unspecified atom stereocenters. The van der Waals surface area contributed by atoms with Crippen molar-refractivity contribution in [2.45, 2.75) is 175 Å². The molecule has 13 nitrogen and oxygen atoms in total. The number of hydrogen-bond acceptors (Lipinski definition) is 12. The first-order chi connectivity index (χ1) is 27.4. The van der Waals surface area contributed by atoms with Gasteiger partial charge in [-0.15, -0.1) is 0 Å². The maximum atomic E-state index is 14.5. The van der Waals surface area contributed by atoms with Crippen LogP contribution >= 0.6 is 0 Å². The number of fused-ring (bicyclic) bond motifs is 3. The third-order valence-electron chi connectivity index (χ3n) is 13.9. The highest BCUT2D eigenvalue weighted by molar-refractivity contribution is 5.89. The van der Waals surface area contributed by atoms with Crippen LogP contribution in [-0.4, -0.2) is 93.9 Å². The molecule has 60 heavy (non-hydrogen) atoms. The van der Waals surface area contributed by atoms with E-state index in [1.54, 1.807) is 71.0 Å². The van der Waals surface area contributed by atoms with Gasteiger partial charge in [-0.2, -0.15) is 0 Å². The second-order valence-electron chi connectivity index (χ2n) is 19.7. The Morgan fingerprint density at radius 2 is 1.72 bits per heavy atom. The molecular weight excluding hydrogens is 771 g/mol. The zero-order valence-electron chi connectivity index (χ0n) is 36.5. The number of carbonyl (C=O) groups excluding carboxylic acids is 4. The number of aliphatic hydroxyl groups excluding tert-OH is 1. The van der Waals surface area contributed by atoms with Gasteiger partial charge in [0.2, 0.25) is 0 Å². The standard InChI is InChI=1S/C46H65NO12.CH4/c1-13-33-55-32-22-29-19-20-46(29,58-27(6)48)36-38(57-39(50)28-17-15-14-16-18-28)45(43(10,11)53)23-31(25(4)34(45)26(5)37(56-33)44(32,36)12)54-40(51)35(49)30(21-24(2)3)47-41(52)59-42(7,8)9;/h13-18,24,26,29-33,35-38,49,53H,1,19-23H2,2-12H3,(H,47,52);1H4/t26-,29+,30?,31?,32-,33-,35+,36-,37-,38-,44+,45-,46-;/m0./s1. The Morgan fingerprint density at radius 3 is 2.25 bits per heavy atom. The number of ether oxygens (including phenoxy) is 6. The van der Waals surface area contributed by atoms with E-state index in [1.807, 2.05) is 27.7 Å². The van der Waals surface area contributed by atoms with Crippen LogP contribution in [0.2, 0.25) is 0 Å². The fraction of sp³-hybridized carbons (Fsp3) is 0.702. The smallest absolute Gasteiger partial charge is 0.407 e. The summed E-state index contributed by atoms with van der Waals surface area (Å²) in [5, 5.41) is 27.1. The molecule has 0 bridgehead atoms. The van der Waals surface area contributed by atoms with Crippen molar-refractivity contribution in [3.8, 4) is 0 Å². The number of alkyl carbamates (subject to hydrolysis) is 1. The van der Waals surface area contributed by atoms with Gasteiger partial charge in [-0.05, 0) is 102 Å². The van der Waals surface area contributed by atoms with Gasteiger partial charge < -0.3 is 44.0 Å². The Kier molecular flexibility index (Phi) is 13.3. The van der Waals surface area contributed by atoms with Gasteiger partial charge in [0.15, 0.2) is 12.4 Å². The van der Waals surface area contributed by atoms with E-state index < -0.39 is 106 Å². The largest absolute Gasteiger partial charge is 0.458 e. The third kappa shape index (κ3) is 8.04. The number of carbonyl (C=O) groups is 4. The fourth-order valence-corrected chi connectivity index (χ4v) is 11.6. The maximum absolute atomic E-state index is 14.5. The SMILES string of the molecule is C.C=C[C@H]1O[C@H]2C[C@H]3CC[C@@]3(OC(C)=O)[C@H]3[C@H](OC(=O)c4ccccc4)[C@]4(C(C)(C)O)CC(OC(=O)[C@H](O)C(CC(C)C)NC(=O)OC(C)(C)C)C(C)=C4[C@H](C)[C@H](O1)[C@]23C. The highest BCUT2D eigenvalue weighted by atomic mass is 16.7. The van der Waals surface area contributed by atoms with Crippen molar-refractivity contribution in [3.63, 3.8) is 0 Å². The quantitative estimate of drug-likeness (QED) is 0.116. The van der Waals surface area contributed by atoms with Crippen LogP contribution in [0.3, 0.4) is 0 Å². The van der Waals surface area contributed by atoms with Gasteiger partial charge in [-0.25, -0.2) is 14.4 Å². The first-order valence-electron chi connectivity index (χ1n) is 21.1. The molecule has 13 heteroatoms. The van der Waals surface area contributed by atoms with Gasteiger partial charge in [0, 0.05) is 36.5 Å². The molecule has 1 heterocycles. The Labute approximate surface area is 355 Å². The lowest BCUT2D eigenvalue weighted by Crippen LogP contribution is -2.75. The number of benzene rings is 1. The predicted octanol–water partition coefficient (Wildman–Crippen LogP) is 7.22. The van der Waals surface area contributed by atoms with Gasteiger partial charge in [-0.1, -0.05) is 59.9 Å². The molecule has 0 spiro atoms. The molecule has 1 saturated heterocycles. The highest BCUT2D eigenvalue weighted by Gasteiger charge is 2.79. The lowest BCUT2D eigenvalue weighted by Gasteiger charge is -2.68. The summed E-state index contributed by atoms with van der Waals surface area (Å²) in [5.74, 6) is -3.53. The average Bonchev–Trinajstić information content (AvgIpc) is 3.39. The van der Waals surface area contributed by atoms with E-state index in [-0.39, 0.29) is 32.1 Å². The molecule has 334 valence electrons. The minimum absolute atomic E-state index is 0. The summed E-state index contributed by atoms with van der Waals surface area (Å²) in [6, 6.07) is 7.55. The molecule has 3 N–H and O–H groups in total. The van der Waals surface area contributed by atoms with E-state index in [0.29, 0.717) is 29.6 Å². The van der Waals surface area contributed by atoms with E-state index in [9.17, 15) is 29.4 Å². The minimum atomic E-state index is -1.77. The molecule has 4 aliphatic carbocycles. The van der Waals surface area contributed by atoms with E-state index in [1.165, 1.54) is 6.92 Å². The molecule has 0 aromatic heterocycles. The molecule has 1 amide bonds. The van der Waals surface area contributed by atoms with Crippen LogP contribution in [-0.2, 0) is 38.0 Å². The van der Waals surface area contributed by atoms with Crippen LogP contribution in [0.5, 0.6) is 0 Å². The van der Waals surface area contributed by atoms with Crippen molar-refractivity contribution in [3.05, 3.63) is 59.7 Å². The molecule has 3 saturated carbocycles. The number of hydrogen-bond donors (Lipinski definition) is 3. The summed E-state index contributed by atoms with van der Waals surface area (Å²) >= 11 is 0.